The summed E-state index contributed by atoms with van der Waals surface area (Å²) in [7, 11) is 0. The largest absolute Gasteiger partial charge is 0.458 e. The molecule has 2 aromatic carbocycles. The number of nitrogens with zero attached hydrogens (tertiary/aromatic N) is 1. The maximum absolute atomic E-state index is 12.0. The quantitative estimate of drug-likeness (QED) is 0.578. The van der Waals surface area contributed by atoms with Crippen molar-refractivity contribution in [2.45, 2.75) is 32.4 Å². The van der Waals surface area contributed by atoms with Crippen molar-refractivity contribution in [3.8, 4) is 0 Å². The number of carbonyl (C=O) groups is 1. The molecule has 25 heavy (non-hydrogen) atoms. The number of carbonyl (C=O) groups excluding carboxylic acids is 1. The van der Waals surface area contributed by atoms with Crippen LogP contribution in [0.25, 0.3) is 6.08 Å². The molecule has 0 N–H and O–H groups in total. The summed E-state index contributed by atoms with van der Waals surface area (Å²) in [4.78, 5) is 14.5. The zero-order valence-electron chi connectivity index (χ0n) is 14.6. The maximum atomic E-state index is 12.0. The summed E-state index contributed by atoms with van der Waals surface area (Å²) in [5.74, 6) is -0.309. The van der Waals surface area contributed by atoms with Crippen molar-refractivity contribution in [1.29, 1.82) is 0 Å². The third-order valence-corrected chi connectivity index (χ3v) is 4.54. The van der Waals surface area contributed by atoms with E-state index in [4.69, 9.17) is 4.74 Å². The van der Waals surface area contributed by atoms with E-state index in [2.05, 4.69) is 17.0 Å². The van der Waals surface area contributed by atoms with E-state index >= 15 is 0 Å². The van der Waals surface area contributed by atoms with Crippen LogP contribution in [0.1, 0.15) is 36.0 Å². The molecular formula is C22H25NO2. The molecule has 0 spiro atoms. The summed E-state index contributed by atoms with van der Waals surface area (Å²) in [6.45, 7) is 3.58. The summed E-state index contributed by atoms with van der Waals surface area (Å²) in [5.41, 5.74) is 3.34. The van der Waals surface area contributed by atoms with Crippen LogP contribution in [0.5, 0.6) is 0 Å². The number of esters is 1. The van der Waals surface area contributed by atoms with Crippen LogP contribution in [-0.2, 0) is 22.7 Å². The highest BCUT2D eigenvalue weighted by Crippen LogP contribution is 2.17. The van der Waals surface area contributed by atoms with Crippen LogP contribution in [-0.4, -0.2) is 24.0 Å². The minimum absolute atomic E-state index is 0.309. The second kappa shape index (κ2) is 9.19. The van der Waals surface area contributed by atoms with E-state index < -0.39 is 0 Å². The zero-order valence-corrected chi connectivity index (χ0v) is 14.6. The summed E-state index contributed by atoms with van der Waals surface area (Å²) < 4.78 is 5.44. The van der Waals surface area contributed by atoms with Crippen LogP contribution < -0.4 is 0 Å². The van der Waals surface area contributed by atoms with E-state index in [-0.39, 0.29) is 5.97 Å². The molecule has 0 aliphatic carbocycles. The van der Waals surface area contributed by atoms with E-state index in [0.717, 1.165) is 30.8 Å². The van der Waals surface area contributed by atoms with E-state index in [1.54, 1.807) is 6.08 Å². The Hall–Kier alpha value is -2.39. The molecule has 0 saturated carbocycles. The molecule has 0 atom stereocenters. The van der Waals surface area contributed by atoms with Gasteiger partial charge < -0.3 is 4.74 Å². The molecule has 1 aliphatic heterocycles. The average molecular weight is 335 g/mol. The highest BCUT2D eigenvalue weighted by atomic mass is 16.5. The van der Waals surface area contributed by atoms with Crippen molar-refractivity contribution in [1.82, 2.24) is 4.90 Å². The Kier molecular flexibility index (Phi) is 6.41. The molecule has 1 saturated heterocycles. The summed E-state index contributed by atoms with van der Waals surface area (Å²) >= 11 is 0. The predicted molar refractivity (Wildman–Crippen MR) is 101 cm³/mol. The van der Waals surface area contributed by atoms with Crippen LogP contribution in [0.15, 0.2) is 60.7 Å². The lowest BCUT2D eigenvalue weighted by Crippen LogP contribution is -2.29. The van der Waals surface area contributed by atoms with Gasteiger partial charge in [-0.1, -0.05) is 61.0 Å². The molecule has 0 unspecified atom stereocenters. The molecule has 1 heterocycles. The first kappa shape index (κ1) is 17.4. The Morgan fingerprint density at radius 3 is 2.36 bits per heavy atom. The Morgan fingerprint density at radius 1 is 0.920 bits per heavy atom. The number of benzene rings is 2. The van der Waals surface area contributed by atoms with Crippen molar-refractivity contribution in [2.24, 2.45) is 0 Å². The first-order valence-electron chi connectivity index (χ1n) is 9.00. The molecule has 3 heteroatoms. The van der Waals surface area contributed by atoms with Crippen LogP contribution in [0.4, 0.5) is 0 Å². The maximum Gasteiger partial charge on any atom is 0.331 e. The minimum Gasteiger partial charge on any atom is -0.458 e. The molecule has 3 nitrogen and oxygen atoms in total. The molecule has 3 rings (SSSR count). The fourth-order valence-corrected chi connectivity index (χ4v) is 3.14. The summed E-state index contributed by atoms with van der Waals surface area (Å²) in [6, 6.07) is 18.0. The Balaban J connectivity index is 1.55. The minimum atomic E-state index is -0.309. The average Bonchev–Trinajstić information content (AvgIpc) is 2.67. The van der Waals surface area contributed by atoms with Crippen LogP contribution in [0.3, 0.4) is 0 Å². The molecule has 0 aromatic heterocycles. The summed E-state index contributed by atoms with van der Waals surface area (Å²) in [5, 5.41) is 0. The number of hydrogen-bond donors (Lipinski definition) is 0. The van der Waals surface area contributed by atoms with E-state index in [0.29, 0.717) is 6.61 Å². The molecule has 0 radical (unpaired) electrons. The van der Waals surface area contributed by atoms with Gasteiger partial charge in [-0.2, -0.15) is 0 Å². The van der Waals surface area contributed by atoms with Crippen molar-refractivity contribution in [3.05, 3.63) is 77.4 Å². The van der Waals surface area contributed by atoms with Gasteiger partial charge in [-0.25, -0.2) is 4.79 Å². The van der Waals surface area contributed by atoms with E-state index in [1.165, 1.54) is 30.9 Å². The number of ether oxygens (including phenoxy) is 1. The predicted octanol–water partition coefficient (Wildman–Crippen LogP) is 4.43. The SMILES string of the molecule is O=C(/C=C\c1ccccc1)OCc1ccccc1CN1CCCCC1. The number of rotatable bonds is 6. The number of likely N-dealkylation sites (tertiary alicyclic amines) is 1. The lowest BCUT2D eigenvalue weighted by molar-refractivity contribution is -0.138. The van der Waals surface area contributed by atoms with Crippen molar-refractivity contribution in [3.63, 3.8) is 0 Å². The van der Waals surface area contributed by atoms with Gasteiger partial charge in [-0.3, -0.25) is 4.90 Å². The normalized spacial score (nSPS) is 15.4. The fourth-order valence-electron chi connectivity index (χ4n) is 3.14. The van der Waals surface area contributed by atoms with Crippen LogP contribution in [0.2, 0.25) is 0 Å². The zero-order chi connectivity index (χ0) is 17.3. The van der Waals surface area contributed by atoms with Crippen molar-refractivity contribution >= 4 is 12.0 Å². The molecule has 130 valence electrons. The monoisotopic (exact) mass is 335 g/mol. The fraction of sp³-hybridized carbons (Fsp3) is 0.318. The first-order chi connectivity index (χ1) is 12.3. The molecular weight excluding hydrogens is 310 g/mol. The van der Waals surface area contributed by atoms with Gasteiger partial charge in [-0.15, -0.1) is 0 Å². The van der Waals surface area contributed by atoms with Crippen LogP contribution in [0, 0.1) is 0 Å². The molecule has 1 aliphatic rings. The smallest absolute Gasteiger partial charge is 0.331 e. The lowest BCUT2D eigenvalue weighted by Gasteiger charge is -2.27. The molecule has 2 aromatic rings. The van der Waals surface area contributed by atoms with Crippen LogP contribution >= 0.6 is 0 Å². The molecule has 0 bridgehead atoms. The third kappa shape index (κ3) is 5.57. The van der Waals surface area contributed by atoms with Gasteiger partial charge in [0.05, 0.1) is 0 Å². The second-order valence-corrected chi connectivity index (χ2v) is 6.46. The second-order valence-electron chi connectivity index (χ2n) is 6.46. The Bertz CT molecular complexity index is 703. The van der Waals surface area contributed by atoms with Crippen molar-refractivity contribution in [2.75, 3.05) is 13.1 Å². The molecule has 0 amide bonds. The standard InChI is InChI=1S/C22H25NO2/c24-22(14-13-19-9-3-1-4-10-19)25-18-21-12-6-5-11-20(21)17-23-15-7-2-8-16-23/h1,3-6,9-14H,2,7-8,15-18H2/b14-13-. The summed E-state index contributed by atoms with van der Waals surface area (Å²) in [6.07, 6.45) is 7.16. The Morgan fingerprint density at radius 2 is 1.60 bits per heavy atom. The Labute approximate surface area is 149 Å². The third-order valence-electron chi connectivity index (χ3n) is 4.54. The van der Waals surface area contributed by atoms with E-state index in [9.17, 15) is 4.79 Å². The first-order valence-corrected chi connectivity index (χ1v) is 9.00. The lowest BCUT2D eigenvalue weighted by atomic mass is 10.1. The highest BCUT2D eigenvalue weighted by molar-refractivity contribution is 5.87. The highest BCUT2D eigenvalue weighted by Gasteiger charge is 2.12. The van der Waals surface area contributed by atoms with Crippen molar-refractivity contribution < 1.29 is 9.53 Å². The van der Waals surface area contributed by atoms with Gasteiger partial charge in [-0.05, 0) is 48.7 Å². The van der Waals surface area contributed by atoms with Gasteiger partial charge in [0.25, 0.3) is 0 Å². The van der Waals surface area contributed by atoms with Gasteiger partial charge in [0.1, 0.15) is 6.61 Å². The van der Waals surface area contributed by atoms with E-state index in [1.807, 2.05) is 42.5 Å². The van der Waals surface area contributed by atoms with Gasteiger partial charge in [0, 0.05) is 12.6 Å². The van der Waals surface area contributed by atoms with Gasteiger partial charge in [0.15, 0.2) is 0 Å². The van der Waals surface area contributed by atoms with Gasteiger partial charge in [0.2, 0.25) is 0 Å². The van der Waals surface area contributed by atoms with Gasteiger partial charge >= 0.3 is 5.97 Å². The topological polar surface area (TPSA) is 29.5 Å². The number of hydrogen-bond acceptors (Lipinski definition) is 3. The number of piperidine rings is 1. The molecule has 1 fully saturated rings.